The molecule has 6 aromatic rings. The number of fused-ring (bicyclic) bond motifs is 2. The molecule has 0 radical (unpaired) electrons. The van der Waals surface area contributed by atoms with Crippen molar-refractivity contribution in [1.82, 2.24) is 0 Å². The zero-order chi connectivity index (χ0) is 42.9. The molecule has 0 atom stereocenters. The molecular formula is C33H20Na4O22S4. The van der Waals surface area contributed by atoms with E-state index in [4.69, 9.17) is 18.3 Å². The molecule has 312 valence electrons. The minimum absolute atomic E-state index is 0. The van der Waals surface area contributed by atoms with Crippen molar-refractivity contribution in [2.24, 2.45) is 0 Å². The third-order valence-electron chi connectivity index (χ3n) is 7.41. The van der Waals surface area contributed by atoms with E-state index in [1.54, 1.807) is 0 Å². The van der Waals surface area contributed by atoms with Crippen molar-refractivity contribution in [1.29, 1.82) is 0 Å². The number of benzene rings is 4. The summed E-state index contributed by atoms with van der Waals surface area (Å²) in [7, 11) is -20.9. The Bertz CT molecular complexity index is 2960. The molecule has 22 nitrogen and oxygen atoms in total. The second-order valence-electron chi connectivity index (χ2n) is 11.6. The molecule has 30 heteroatoms. The summed E-state index contributed by atoms with van der Waals surface area (Å²) < 4.78 is 174. The van der Waals surface area contributed by atoms with Crippen LogP contribution < -0.4 is 155 Å². The summed E-state index contributed by atoms with van der Waals surface area (Å²) in [4.78, 5) is 26.6. The first-order chi connectivity index (χ1) is 27.5. The van der Waals surface area contributed by atoms with Crippen LogP contribution in [0.1, 0.15) is 6.42 Å². The third-order valence-corrected chi connectivity index (χ3v) is 9.00. The monoisotopic (exact) mass is 988 g/mol. The van der Waals surface area contributed by atoms with Crippen LogP contribution in [0.3, 0.4) is 0 Å². The van der Waals surface area contributed by atoms with Gasteiger partial charge in [0.1, 0.15) is 68.0 Å². The molecule has 0 saturated carbocycles. The van der Waals surface area contributed by atoms with E-state index in [0.717, 1.165) is 60.7 Å². The van der Waals surface area contributed by atoms with E-state index in [2.05, 4.69) is 16.7 Å². The standard InChI is InChI=1S/C33H24O22S4.4Na/c34-24-16-26(18-2-6-20(7-3-18)52-56(36,37)38)50-30-14-22(54-58(42,43)44)12-28(32(24)30)48-10-1-11-49-29-13-23(55-59(45,46)47)15-31-33(29)25(35)17-27(51-31)19-4-8-21(9-5-19)53-57(39,40)41;;;;/h2-9,12-17H,1,10-11H2,(H,36,37,38)(H,39,40,41)(H,42,43,44)(H,45,46,47);;;;/q;4*+1/p-4. The third kappa shape index (κ3) is 16.5. The number of hydrogen-bond acceptors (Lipinski definition) is 22. The van der Waals surface area contributed by atoms with Gasteiger partial charge in [-0.2, -0.15) is 0 Å². The van der Waals surface area contributed by atoms with Crippen LogP contribution in [0.15, 0.2) is 103 Å². The molecule has 0 aliphatic rings. The van der Waals surface area contributed by atoms with Gasteiger partial charge in [-0.25, -0.2) is 33.7 Å². The van der Waals surface area contributed by atoms with Gasteiger partial charge in [0.2, 0.25) is 0 Å². The van der Waals surface area contributed by atoms with Crippen LogP contribution in [0.4, 0.5) is 0 Å². The van der Waals surface area contributed by atoms with Crippen molar-refractivity contribution in [3.63, 3.8) is 0 Å². The molecule has 2 aromatic heterocycles. The molecule has 2 heterocycles. The maximum atomic E-state index is 13.3. The van der Waals surface area contributed by atoms with Gasteiger partial charge in [0.25, 0.3) is 41.6 Å². The van der Waals surface area contributed by atoms with E-state index >= 15 is 0 Å². The molecule has 0 saturated heterocycles. The van der Waals surface area contributed by atoms with Gasteiger partial charge in [-0.3, -0.25) is 9.59 Å². The molecule has 6 rings (SSSR count). The summed E-state index contributed by atoms with van der Waals surface area (Å²) in [5.41, 5.74) is -1.80. The first-order valence-corrected chi connectivity index (χ1v) is 21.1. The van der Waals surface area contributed by atoms with Gasteiger partial charge in [0.05, 0.1) is 13.2 Å². The summed E-state index contributed by atoms with van der Waals surface area (Å²) in [6.07, 6.45) is -0.0767. The topological polar surface area (TPSA) is 345 Å². The van der Waals surface area contributed by atoms with Crippen molar-refractivity contribution < 1.29 is 205 Å². The Morgan fingerprint density at radius 3 is 1.03 bits per heavy atom. The van der Waals surface area contributed by atoms with Crippen molar-refractivity contribution in [3.8, 4) is 57.1 Å². The first kappa shape index (κ1) is 56.9. The van der Waals surface area contributed by atoms with Crippen LogP contribution >= 0.6 is 0 Å². The zero-order valence-corrected chi connectivity index (χ0v) is 44.1. The Labute approximate surface area is 445 Å². The SMILES string of the molecule is O=c1cc(-c2ccc(OS(=O)(=O)[O-])cc2)oc2cc(OS(=O)(=O)[O-])cc(OCCCOc3cc(OS(=O)(=O)[O-])cc4oc(-c5ccc(OS(=O)(=O)[O-])cc5)cc(=O)c34)c12.[Na+].[Na+].[Na+].[Na+]. The second kappa shape index (κ2) is 23.0. The Kier molecular flexibility index (Phi) is 20.7. The van der Waals surface area contributed by atoms with Crippen LogP contribution in [-0.4, -0.2) is 65.1 Å². The average molecular weight is 989 g/mol. The van der Waals surface area contributed by atoms with E-state index in [0.29, 0.717) is 0 Å². The fourth-order valence-electron chi connectivity index (χ4n) is 5.31. The van der Waals surface area contributed by atoms with Gasteiger partial charge in [-0.05, 0) is 48.5 Å². The minimum Gasteiger partial charge on any atom is -0.716 e. The van der Waals surface area contributed by atoms with Crippen LogP contribution in [0.25, 0.3) is 44.6 Å². The van der Waals surface area contributed by atoms with Crippen LogP contribution in [0.5, 0.6) is 34.5 Å². The maximum absolute atomic E-state index is 13.3. The summed E-state index contributed by atoms with van der Waals surface area (Å²) >= 11 is 0. The van der Waals surface area contributed by atoms with Crippen molar-refractivity contribution in [3.05, 3.63) is 105 Å². The van der Waals surface area contributed by atoms with E-state index in [9.17, 15) is 61.5 Å². The largest absolute Gasteiger partial charge is 1.00 e. The molecule has 4 aromatic carbocycles. The molecule has 0 amide bonds. The minimum atomic E-state index is -5.35. The molecule has 0 spiro atoms. The van der Waals surface area contributed by atoms with Gasteiger partial charge in [0.15, 0.2) is 10.9 Å². The summed E-state index contributed by atoms with van der Waals surface area (Å²) in [6, 6.07) is 15.0. The second-order valence-corrected chi connectivity index (χ2v) is 15.5. The zero-order valence-electron chi connectivity index (χ0n) is 32.8. The normalized spacial score (nSPS) is 11.5. The number of rotatable bonds is 16. The summed E-state index contributed by atoms with van der Waals surface area (Å²) in [6.45, 7) is -0.633. The van der Waals surface area contributed by atoms with Gasteiger partial charge < -0.3 is 53.3 Å². The molecule has 0 aliphatic carbocycles. The van der Waals surface area contributed by atoms with E-state index in [1.165, 1.54) is 24.3 Å². The van der Waals surface area contributed by atoms with Crippen molar-refractivity contribution >= 4 is 63.5 Å². The predicted octanol–water partition coefficient (Wildman–Crippen LogP) is -9.55. The fourth-order valence-corrected chi connectivity index (χ4v) is 6.67. The first-order valence-electron chi connectivity index (χ1n) is 15.8. The quantitative estimate of drug-likeness (QED) is 0.0376. The molecular weight excluding hydrogens is 969 g/mol. The Morgan fingerprint density at radius 1 is 0.429 bits per heavy atom. The van der Waals surface area contributed by atoms with E-state index in [-0.39, 0.29) is 205 Å². The molecule has 0 fully saturated rings. The molecule has 0 bridgehead atoms. The molecule has 0 N–H and O–H groups in total. The van der Waals surface area contributed by atoms with Crippen molar-refractivity contribution in [2.75, 3.05) is 13.2 Å². The fraction of sp³-hybridized carbons (Fsp3) is 0.0909. The number of hydrogen-bond donors (Lipinski definition) is 0. The Morgan fingerprint density at radius 2 is 0.730 bits per heavy atom. The molecule has 0 unspecified atom stereocenters. The van der Waals surface area contributed by atoms with Crippen LogP contribution in [0.2, 0.25) is 0 Å². The number of ether oxygens (including phenoxy) is 2. The van der Waals surface area contributed by atoms with Crippen LogP contribution in [0, 0.1) is 0 Å². The Hall–Kier alpha value is -2.26. The van der Waals surface area contributed by atoms with E-state index < -0.39 is 64.0 Å². The van der Waals surface area contributed by atoms with E-state index in [1.807, 2.05) is 0 Å². The average Bonchev–Trinajstić information content (AvgIpc) is 3.08. The van der Waals surface area contributed by atoms with Crippen LogP contribution in [-0.2, 0) is 41.6 Å². The van der Waals surface area contributed by atoms with Crippen molar-refractivity contribution in [2.45, 2.75) is 6.42 Å². The van der Waals surface area contributed by atoms with Gasteiger partial charge in [-0.1, -0.05) is 0 Å². The molecule has 63 heavy (non-hydrogen) atoms. The smallest absolute Gasteiger partial charge is 0.716 e. The predicted molar refractivity (Wildman–Crippen MR) is 193 cm³/mol. The van der Waals surface area contributed by atoms with Gasteiger partial charge in [-0.15, -0.1) is 0 Å². The molecule has 0 aliphatic heterocycles. The van der Waals surface area contributed by atoms with Gasteiger partial charge in [0, 0.05) is 53.9 Å². The maximum Gasteiger partial charge on any atom is 1.00 e. The summed E-state index contributed by atoms with van der Waals surface area (Å²) in [5.74, 6) is -2.86. The van der Waals surface area contributed by atoms with Gasteiger partial charge >= 0.3 is 118 Å². The Balaban J connectivity index is 0.00000341. The summed E-state index contributed by atoms with van der Waals surface area (Å²) in [5, 5.41) is -0.494.